The maximum atomic E-state index is 12.2. The Bertz CT molecular complexity index is 643. The third-order valence-electron chi connectivity index (χ3n) is 3.99. The molecule has 0 bridgehead atoms. The largest absolute Gasteiger partial charge is 0.354 e. The second-order valence-electron chi connectivity index (χ2n) is 5.41. The van der Waals surface area contributed by atoms with Gasteiger partial charge in [-0.2, -0.15) is 0 Å². The number of pyridine rings is 1. The van der Waals surface area contributed by atoms with Crippen molar-refractivity contribution in [3.05, 3.63) is 40.7 Å². The number of anilines is 1. The third-order valence-corrected chi connectivity index (χ3v) is 3.99. The highest BCUT2D eigenvalue weighted by Gasteiger charge is 2.22. The Morgan fingerprint density at radius 1 is 1.35 bits per heavy atom. The molecule has 2 N–H and O–H groups in total. The van der Waals surface area contributed by atoms with Crippen LogP contribution in [0.25, 0.3) is 10.8 Å². The smallest absolute Gasteiger partial charge is 0.257 e. The van der Waals surface area contributed by atoms with Gasteiger partial charge < -0.3 is 15.2 Å². The molecule has 0 saturated carbocycles. The maximum absolute atomic E-state index is 12.2. The summed E-state index contributed by atoms with van der Waals surface area (Å²) in [7, 11) is 0. The van der Waals surface area contributed by atoms with E-state index < -0.39 is 0 Å². The Kier molecular flexibility index (Phi) is 3.74. The Hall–Kier alpha value is -1.81. The molecule has 1 fully saturated rings. The fourth-order valence-electron chi connectivity index (χ4n) is 3.00. The van der Waals surface area contributed by atoms with Gasteiger partial charge >= 0.3 is 0 Å². The standard InChI is InChI=1S/C16H21N3O/c1-2-9-19(13-7-8-17-11-13)15-10-12-5-3-4-6-14(12)16(20)18-15/h3-6,10,13,17H,2,7-9,11H2,1H3,(H,18,20). The third kappa shape index (κ3) is 2.43. The van der Waals surface area contributed by atoms with Crippen LogP contribution in [-0.4, -0.2) is 30.7 Å². The van der Waals surface area contributed by atoms with E-state index in [9.17, 15) is 4.79 Å². The molecule has 2 aromatic rings. The highest BCUT2D eigenvalue weighted by Crippen LogP contribution is 2.21. The van der Waals surface area contributed by atoms with E-state index in [0.717, 1.165) is 49.1 Å². The topological polar surface area (TPSA) is 48.1 Å². The zero-order chi connectivity index (χ0) is 13.9. The second-order valence-corrected chi connectivity index (χ2v) is 5.41. The monoisotopic (exact) mass is 271 g/mol. The fourth-order valence-corrected chi connectivity index (χ4v) is 3.00. The van der Waals surface area contributed by atoms with E-state index in [2.05, 4.69) is 28.2 Å². The summed E-state index contributed by atoms with van der Waals surface area (Å²) in [5.41, 5.74) is 0.00478. The second kappa shape index (κ2) is 5.67. The molecule has 4 nitrogen and oxygen atoms in total. The van der Waals surface area contributed by atoms with E-state index in [1.165, 1.54) is 0 Å². The number of hydrogen-bond acceptors (Lipinski definition) is 3. The summed E-state index contributed by atoms with van der Waals surface area (Å²) in [6.07, 6.45) is 2.21. The number of benzene rings is 1. The number of aromatic nitrogens is 1. The van der Waals surface area contributed by atoms with Crippen molar-refractivity contribution in [3.8, 4) is 0 Å². The Morgan fingerprint density at radius 3 is 2.95 bits per heavy atom. The quantitative estimate of drug-likeness (QED) is 0.895. The van der Waals surface area contributed by atoms with Gasteiger partial charge in [0.05, 0.1) is 0 Å². The molecular formula is C16H21N3O. The van der Waals surface area contributed by atoms with Crippen molar-refractivity contribution in [2.24, 2.45) is 0 Å². The molecule has 0 spiro atoms. The maximum Gasteiger partial charge on any atom is 0.257 e. The minimum Gasteiger partial charge on any atom is -0.354 e. The summed E-state index contributed by atoms with van der Waals surface area (Å²) in [5.74, 6) is 0.948. The van der Waals surface area contributed by atoms with Crippen LogP contribution in [0.3, 0.4) is 0 Å². The van der Waals surface area contributed by atoms with Gasteiger partial charge in [-0.25, -0.2) is 0 Å². The highest BCUT2D eigenvalue weighted by atomic mass is 16.1. The molecule has 1 aliphatic rings. The van der Waals surface area contributed by atoms with Crippen molar-refractivity contribution in [1.82, 2.24) is 10.3 Å². The lowest BCUT2D eigenvalue weighted by molar-refractivity contribution is 0.618. The zero-order valence-corrected chi connectivity index (χ0v) is 11.9. The molecule has 4 heteroatoms. The van der Waals surface area contributed by atoms with E-state index in [0.29, 0.717) is 6.04 Å². The number of fused-ring (bicyclic) bond motifs is 1. The first kappa shape index (κ1) is 13.2. The van der Waals surface area contributed by atoms with E-state index in [4.69, 9.17) is 0 Å². The predicted molar refractivity (Wildman–Crippen MR) is 83.5 cm³/mol. The molecule has 1 atom stereocenters. The van der Waals surface area contributed by atoms with Gasteiger partial charge in [-0.15, -0.1) is 0 Å². The molecule has 0 aliphatic carbocycles. The number of hydrogen-bond donors (Lipinski definition) is 2. The first-order valence-corrected chi connectivity index (χ1v) is 7.39. The summed E-state index contributed by atoms with van der Waals surface area (Å²) in [6.45, 7) is 5.20. The number of nitrogens with one attached hydrogen (secondary N) is 2. The molecule has 20 heavy (non-hydrogen) atoms. The van der Waals surface area contributed by atoms with E-state index >= 15 is 0 Å². The normalized spacial score (nSPS) is 18.6. The Labute approximate surface area is 118 Å². The van der Waals surface area contributed by atoms with Crippen LogP contribution in [-0.2, 0) is 0 Å². The van der Waals surface area contributed by atoms with Crippen LogP contribution in [0.4, 0.5) is 5.82 Å². The SMILES string of the molecule is CCCN(c1cc2ccccc2c(=O)[nH]1)C1CCNC1. The van der Waals surface area contributed by atoms with Crippen LogP contribution in [0.5, 0.6) is 0 Å². The van der Waals surface area contributed by atoms with Crippen molar-refractivity contribution >= 4 is 16.6 Å². The van der Waals surface area contributed by atoms with Crippen molar-refractivity contribution in [1.29, 1.82) is 0 Å². The minimum atomic E-state index is 0.00478. The molecule has 1 unspecified atom stereocenters. The molecular weight excluding hydrogens is 250 g/mol. The molecule has 2 heterocycles. The van der Waals surface area contributed by atoms with Gasteiger partial charge in [0.1, 0.15) is 5.82 Å². The van der Waals surface area contributed by atoms with Crippen molar-refractivity contribution in [2.75, 3.05) is 24.5 Å². The molecule has 1 aliphatic heterocycles. The van der Waals surface area contributed by atoms with Gasteiger partial charge in [-0.3, -0.25) is 4.79 Å². The Balaban J connectivity index is 2.03. The van der Waals surface area contributed by atoms with Crippen LogP contribution in [0.15, 0.2) is 35.1 Å². The van der Waals surface area contributed by atoms with E-state index in [-0.39, 0.29) is 5.56 Å². The van der Waals surface area contributed by atoms with Gasteiger partial charge in [0.2, 0.25) is 0 Å². The number of aromatic amines is 1. The van der Waals surface area contributed by atoms with Gasteiger partial charge in [0, 0.05) is 24.5 Å². The average Bonchev–Trinajstić information content (AvgIpc) is 2.98. The summed E-state index contributed by atoms with van der Waals surface area (Å²) in [4.78, 5) is 17.6. The number of nitrogens with zero attached hydrogens (tertiary/aromatic N) is 1. The summed E-state index contributed by atoms with van der Waals surface area (Å²) >= 11 is 0. The van der Waals surface area contributed by atoms with Gasteiger partial charge in [0.15, 0.2) is 0 Å². The fraction of sp³-hybridized carbons (Fsp3) is 0.438. The van der Waals surface area contributed by atoms with Gasteiger partial charge in [0.25, 0.3) is 5.56 Å². The van der Waals surface area contributed by atoms with Gasteiger partial charge in [-0.05, 0) is 36.9 Å². The van der Waals surface area contributed by atoms with Crippen LogP contribution < -0.4 is 15.8 Å². The molecule has 106 valence electrons. The van der Waals surface area contributed by atoms with E-state index in [1.807, 2.05) is 24.3 Å². The van der Waals surface area contributed by atoms with Crippen LogP contribution >= 0.6 is 0 Å². The number of H-pyrrole nitrogens is 1. The molecule has 0 radical (unpaired) electrons. The van der Waals surface area contributed by atoms with Crippen molar-refractivity contribution in [2.45, 2.75) is 25.8 Å². The summed E-state index contributed by atoms with van der Waals surface area (Å²) in [5, 5.41) is 5.17. The van der Waals surface area contributed by atoms with Crippen LogP contribution in [0, 0.1) is 0 Å². The molecule has 1 saturated heterocycles. The molecule has 0 amide bonds. The predicted octanol–water partition coefficient (Wildman–Crippen LogP) is 2.11. The van der Waals surface area contributed by atoms with Crippen LogP contribution in [0.1, 0.15) is 19.8 Å². The first-order valence-electron chi connectivity index (χ1n) is 7.39. The molecule has 3 rings (SSSR count). The van der Waals surface area contributed by atoms with Crippen molar-refractivity contribution in [3.63, 3.8) is 0 Å². The first-order chi connectivity index (χ1) is 9.79. The van der Waals surface area contributed by atoms with E-state index in [1.54, 1.807) is 0 Å². The molecule has 1 aromatic heterocycles. The summed E-state index contributed by atoms with van der Waals surface area (Å²) in [6, 6.07) is 10.3. The lowest BCUT2D eigenvalue weighted by Gasteiger charge is -2.30. The van der Waals surface area contributed by atoms with Gasteiger partial charge in [-0.1, -0.05) is 25.1 Å². The lowest BCUT2D eigenvalue weighted by Crippen LogP contribution is -2.38. The van der Waals surface area contributed by atoms with Crippen molar-refractivity contribution < 1.29 is 0 Å². The Morgan fingerprint density at radius 2 is 2.20 bits per heavy atom. The molecule has 1 aromatic carbocycles. The zero-order valence-electron chi connectivity index (χ0n) is 11.9. The lowest BCUT2D eigenvalue weighted by atomic mass is 10.1. The highest BCUT2D eigenvalue weighted by molar-refractivity contribution is 5.83. The minimum absolute atomic E-state index is 0.00478. The van der Waals surface area contributed by atoms with Crippen LogP contribution in [0.2, 0.25) is 0 Å². The summed E-state index contributed by atoms with van der Waals surface area (Å²) < 4.78 is 0. The number of rotatable bonds is 4. The average molecular weight is 271 g/mol.